The number of alkyl halides is 3. The molecular weight excluding hydrogens is 384 g/mol. The molecule has 0 aromatic heterocycles. The number of aryl methyl sites for hydroxylation is 1. The highest BCUT2D eigenvalue weighted by Gasteiger charge is 2.45. The minimum atomic E-state index is -4.37. The van der Waals surface area contributed by atoms with Gasteiger partial charge in [0, 0.05) is 0 Å². The molecule has 29 heavy (non-hydrogen) atoms. The maximum absolute atomic E-state index is 12.6. The van der Waals surface area contributed by atoms with Gasteiger partial charge in [0.25, 0.3) is 0 Å². The zero-order valence-electron chi connectivity index (χ0n) is 16.3. The number of hydrogen-bond donors (Lipinski definition) is 3. The molecular formula is C20H24BF3N2O3. The van der Waals surface area contributed by atoms with Crippen LogP contribution in [0.15, 0.2) is 47.5 Å². The second-order valence-electron chi connectivity index (χ2n) is 7.91. The van der Waals surface area contributed by atoms with Gasteiger partial charge in [-0.1, -0.05) is 24.3 Å². The standard InChI is InChI=1S/C20H24BF3N2O3/c1-19(2)15-9-8-14(11-16(15)21(28)29-19)26-18(27)17(25)10-5-12-3-6-13(7-4-12)20(22,23)24/h3-4,6-7,9,11,14,17,28H,5,8,10,25H2,1-2H3,(H,26,27)/t14?,17-/m1/s1. The Morgan fingerprint density at radius 2 is 2.03 bits per heavy atom. The van der Waals surface area contributed by atoms with Crippen LogP contribution in [0.5, 0.6) is 0 Å². The number of hydrogen-bond acceptors (Lipinski definition) is 4. The Kier molecular flexibility index (Phi) is 5.94. The van der Waals surface area contributed by atoms with E-state index in [1.165, 1.54) is 12.1 Å². The molecule has 9 heteroatoms. The van der Waals surface area contributed by atoms with Crippen molar-refractivity contribution in [1.82, 2.24) is 5.32 Å². The smallest absolute Gasteiger partial charge is 0.423 e. The second kappa shape index (κ2) is 7.97. The van der Waals surface area contributed by atoms with Gasteiger partial charge in [0.2, 0.25) is 5.91 Å². The number of halogens is 3. The van der Waals surface area contributed by atoms with E-state index in [-0.39, 0.29) is 11.9 Å². The van der Waals surface area contributed by atoms with E-state index in [1.54, 1.807) is 6.08 Å². The van der Waals surface area contributed by atoms with Crippen LogP contribution in [-0.2, 0) is 22.0 Å². The summed E-state index contributed by atoms with van der Waals surface area (Å²) in [5.41, 5.74) is 6.94. The fraction of sp³-hybridized carbons (Fsp3) is 0.450. The molecule has 1 unspecified atom stereocenters. The number of rotatable bonds is 5. The third-order valence-corrected chi connectivity index (χ3v) is 5.28. The highest BCUT2D eigenvalue weighted by atomic mass is 19.4. The van der Waals surface area contributed by atoms with Gasteiger partial charge in [-0.25, -0.2) is 0 Å². The molecule has 2 aliphatic rings. The molecule has 1 aromatic carbocycles. The number of nitrogens with one attached hydrogen (secondary N) is 1. The summed E-state index contributed by atoms with van der Waals surface area (Å²) < 4.78 is 43.3. The maximum Gasteiger partial charge on any atom is 0.491 e. The first-order chi connectivity index (χ1) is 13.5. The van der Waals surface area contributed by atoms with Crippen LogP contribution in [0.4, 0.5) is 13.2 Å². The van der Waals surface area contributed by atoms with Gasteiger partial charge in [0.1, 0.15) is 0 Å². The van der Waals surface area contributed by atoms with Crippen LogP contribution < -0.4 is 11.1 Å². The lowest BCUT2D eigenvalue weighted by Gasteiger charge is -2.25. The van der Waals surface area contributed by atoms with Crippen LogP contribution in [0.2, 0.25) is 0 Å². The van der Waals surface area contributed by atoms with Gasteiger partial charge in [0.05, 0.1) is 23.2 Å². The van der Waals surface area contributed by atoms with Crippen LogP contribution in [0.3, 0.4) is 0 Å². The molecule has 4 N–H and O–H groups in total. The summed E-state index contributed by atoms with van der Waals surface area (Å²) >= 11 is 0. The summed E-state index contributed by atoms with van der Waals surface area (Å²) in [5.74, 6) is -0.344. The molecule has 1 aliphatic carbocycles. The Hall–Kier alpha value is -2.10. The third-order valence-electron chi connectivity index (χ3n) is 5.28. The first-order valence-electron chi connectivity index (χ1n) is 9.48. The van der Waals surface area contributed by atoms with E-state index in [4.69, 9.17) is 10.4 Å². The van der Waals surface area contributed by atoms with Gasteiger partial charge in [-0.05, 0) is 61.9 Å². The summed E-state index contributed by atoms with van der Waals surface area (Å²) in [6, 6.07) is 3.75. The first kappa shape index (κ1) is 21.6. The molecule has 1 aromatic rings. The number of fused-ring (bicyclic) bond motifs is 1. The van der Waals surface area contributed by atoms with Crippen LogP contribution in [0, 0.1) is 0 Å². The molecule has 0 spiro atoms. The molecule has 1 fully saturated rings. The minimum Gasteiger partial charge on any atom is -0.423 e. The molecule has 0 saturated carbocycles. The highest BCUT2D eigenvalue weighted by Crippen LogP contribution is 2.39. The molecule has 156 valence electrons. The zero-order chi connectivity index (χ0) is 21.4. The van der Waals surface area contributed by atoms with Gasteiger partial charge < -0.3 is 20.7 Å². The Morgan fingerprint density at radius 1 is 1.38 bits per heavy atom. The topological polar surface area (TPSA) is 84.6 Å². The number of carbonyl (C=O) groups is 1. The van der Waals surface area contributed by atoms with Crippen molar-refractivity contribution in [1.29, 1.82) is 0 Å². The van der Waals surface area contributed by atoms with E-state index in [9.17, 15) is 23.0 Å². The van der Waals surface area contributed by atoms with Crippen molar-refractivity contribution in [2.24, 2.45) is 5.73 Å². The van der Waals surface area contributed by atoms with Gasteiger partial charge >= 0.3 is 13.3 Å². The highest BCUT2D eigenvalue weighted by molar-refractivity contribution is 6.55. The Morgan fingerprint density at radius 3 is 2.66 bits per heavy atom. The first-order valence-corrected chi connectivity index (χ1v) is 9.48. The van der Waals surface area contributed by atoms with E-state index in [1.807, 2.05) is 19.9 Å². The van der Waals surface area contributed by atoms with Crippen LogP contribution >= 0.6 is 0 Å². The van der Waals surface area contributed by atoms with Gasteiger partial charge in [-0.2, -0.15) is 13.2 Å². The third kappa shape index (κ3) is 4.91. The average Bonchev–Trinajstić information content (AvgIpc) is 2.87. The van der Waals surface area contributed by atoms with Crippen molar-refractivity contribution < 1.29 is 27.6 Å². The summed E-state index contributed by atoms with van der Waals surface area (Å²) in [6.07, 6.45) is 0.629. The Balaban J connectivity index is 1.53. The van der Waals surface area contributed by atoms with Crippen LogP contribution in [-0.4, -0.2) is 35.7 Å². The normalized spacial score (nSPS) is 21.9. The van der Waals surface area contributed by atoms with Crippen molar-refractivity contribution in [2.45, 2.75) is 57.0 Å². The summed E-state index contributed by atoms with van der Waals surface area (Å²) in [6.45, 7) is 3.75. The second-order valence-corrected chi connectivity index (χ2v) is 7.91. The summed E-state index contributed by atoms with van der Waals surface area (Å²) in [7, 11) is -1.02. The molecule has 3 rings (SSSR count). The van der Waals surface area contributed by atoms with Crippen molar-refractivity contribution in [3.05, 3.63) is 58.6 Å². The van der Waals surface area contributed by atoms with Crippen LogP contribution in [0.25, 0.3) is 0 Å². The summed E-state index contributed by atoms with van der Waals surface area (Å²) in [4.78, 5) is 12.4. The van der Waals surface area contributed by atoms with Gasteiger partial charge in [-0.3, -0.25) is 4.79 Å². The monoisotopic (exact) mass is 408 g/mol. The van der Waals surface area contributed by atoms with Crippen molar-refractivity contribution in [2.75, 3.05) is 0 Å². The number of benzene rings is 1. The van der Waals surface area contributed by atoms with Crippen LogP contribution in [0.1, 0.15) is 37.8 Å². The molecule has 1 aliphatic heterocycles. The lowest BCUT2D eigenvalue weighted by molar-refractivity contribution is -0.137. The molecule has 5 nitrogen and oxygen atoms in total. The molecule has 0 radical (unpaired) electrons. The van der Waals surface area contributed by atoms with Gasteiger partial charge in [0.15, 0.2) is 0 Å². The summed E-state index contributed by atoms with van der Waals surface area (Å²) in [5, 5.41) is 12.9. The average molecular weight is 408 g/mol. The minimum absolute atomic E-state index is 0.300. The molecule has 1 saturated heterocycles. The van der Waals surface area contributed by atoms with E-state index in [0.29, 0.717) is 30.3 Å². The SMILES string of the molecule is CC1(C)OB(O)C2=CC(NC(=O)[C@H](N)CCc3ccc(C(F)(F)F)cc3)CC=C21. The Labute approximate surface area is 167 Å². The van der Waals surface area contributed by atoms with Crippen molar-refractivity contribution in [3.8, 4) is 0 Å². The maximum atomic E-state index is 12.6. The van der Waals surface area contributed by atoms with Crippen molar-refractivity contribution >= 4 is 13.0 Å². The van der Waals surface area contributed by atoms with Crippen molar-refractivity contribution in [3.63, 3.8) is 0 Å². The lowest BCUT2D eigenvalue weighted by Crippen LogP contribution is -2.45. The predicted molar refractivity (Wildman–Crippen MR) is 104 cm³/mol. The quantitative estimate of drug-likeness (QED) is 0.654. The predicted octanol–water partition coefficient (Wildman–Crippen LogP) is 2.54. The number of carbonyl (C=O) groups excluding carboxylic acids is 1. The zero-order valence-corrected chi connectivity index (χ0v) is 16.3. The van der Waals surface area contributed by atoms with E-state index in [0.717, 1.165) is 17.7 Å². The lowest BCUT2D eigenvalue weighted by atomic mass is 9.72. The number of nitrogens with two attached hydrogens (primary N) is 1. The number of amides is 1. The van der Waals surface area contributed by atoms with Gasteiger partial charge in [-0.15, -0.1) is 0 Å². The molecule has 0 bridgehead atoms. The molecule has 1 amide bonds. The van der Waals surface area contributed by atoms with E-state index >= 15 is 0 Å². The van der Waals surface area contributed by atoms with E-state index < -0.39 is 30.5 Å². The fourth-order valence-electron chi connectivity index (χ4n) is 3.66. The molecule has 1 heterocycles. The molecule has 2 atom stereocenters. The fourth-order valence-corrected chi connectivity index (χ4v) is 3.66. The largest absolute Gasteiger partial charge is 0.491 e. The Bertz CT molecular complexity index is 834. The van der Waals surface area contributed by atoms with E-state index in [2.05, 4.69) is 5.32 Å².